The van der Waals surface area contributed by atoms with Gasteiger partial charge in [0.15, 0.2) is 0 Å². The Bertz CT molecular complexity index is 1120. The number of alkyl halides is 3. The summed E-state index contributed by atoms with van der Waals surface area (Å²) >= 11 is 8.87. The lowest BCUT2D eigenvalue weighted by molar-refractivity contribution is -0.137. The number of halogens is 4. The molecule has 1 unspecified atom stereocenters. The summed E-state index contributed by atoms with van der Waals surface area (Å²) in [6.45, 7) is 2.23. The maximum absolute atomic E-state index is 12.9. The zero-order valence-electron chi connectivity index (χ0n) is 15.8. The highest BCUT2D eigenvalue weighted by atomic mass is 35.5. The monoisotopic (exact) mass is 471 g/mol. The normalized spacial score (nSPS) is 16.5. The molecule has 1 aromatic carbocycles. The number of nitrogens with one attached hydrogen (secondary N) is 1. The van der Waals surface area contributed by atoms with Crippen LogP contribution in [-0.2, 0) is 23.8 Å². The lowest BCUT2D eigenvalue weighted by Crippen LogP contribution is -2.15. The van der Waals surface area contributed by atoms with Crippen LogP contribution in [0.5, 0.6) is 0 Å². The van der Waals surface area contributed by atoms with Crippen LogP contribution in [0, 0.1) is 5.92 Å². The number of carbonyl (C=O) groups is 1. The van der Waals surface area contributed by atoms with E-state index in [1.54, 1.807) is 11.3 Å². The van der Waals surface area contributed by atoms with Crippen LogP contribution in [-0.4, -0.2) is 21.6 Å². The van der Waals surface area contributed by atoms with Gasteiger partial charge in [-0.3, -0.25) is 4.79 Å². The van der Waals surface area contributed by atoms with Gasteiger partial charge in [-0.15, -0.1) is 11.3 Å². The molecule has 3 aromatic rings. The van der Waals surface area contributed by atoms with Crippen LogP contribution >= 0.6 is 34.7 Å². The molecule has 158 valence electrons. The number of hydrogen-bond acceptors (Lipinski definition) is 5. The number of amides is 1. The Labute approximate surface area is 184 Å². The Balaban J connectivity index is 1.51. The van der Waals surface area contributed by atoms with Crippen molar-refractivity contribution in [3.8, 4) is 0 Å². The number of benzene rings is 1. The Morgan fingerprint density at radius 3 is 2.93 bits per heavy atom. The molecule has 30 heavy (non-hydrogen) atoms. The third-order valence-corrected chi connectivity index (χ3v) is 7.45. The number of rotatable bonds is 4. The van der Waals surface area contributed by atoms with Gasteiger partial charge in [0, 0.05) is 10.3 Å². The molecule has 2 aromatic heterocycles. The molecule has 0 saturated carbocycles. The number of nitrogens with zero attached hydrogens (tertiary/aromatic N) is 2. The Morgan fingerprint density at radius 2 is 2.17 bits per heavy atom. The van der Waals surface area contributed by atoms with E-state index < -0.39 is 17.6 Å². The number of fused-ring (bicyclic) bond motifs is 3. The summed E-state index contributed by atoms with van der Waals surface area (Å²) in [5.41, 5.74) is 0.329. The molecule has 1 atom stereocenters. The van der Waals surface area contributed by atoms with Crippen molar-refractivity contribution in [1.82, 2.24) is 9.97 Å². The number of thiophene rings is 1. The minimum atomic E-state index is -4.51. The maximum Gasteiger partial charge on any atom is 0.416 e. The van der Waals surface area contributed by atoms with E-state index in [4.69, 9.17) is 11.6 Å². The highest BCUT2D eigenvalue weighted by Gasteiger charge is 2.31. The van der Waals surface area contributed by atoms with Crippen LogP contribution in [0.2, 0.25) is 5.02 Å². The van der Waals surface area contributed by atoms with E-state index in [-0.39, 0.29) is 16.5 Å². The summed E-state index contributed by atoms with van der Waals surface area (Å²) in [7, 11) is 0. The topological polar surface area (TPSA) is 54.9 Å². The smallest absolute Gasteiger partial charge is 0.324 e. The predicted octanol–water partition coefficient (Wildman–Crippen LogP) is 6.22. The van der Waals surface area contributed by atoms with E-state index in [0.717, 1.165) is 52.7 Å². The second-order valence-electron chi connectivity index (χ2n) is 7.24. The first-order chi connectivity index (χ1) is 14.2. The van der Waals surface area contributed by atoms with Crippen molar-refractivity contribution in [2.45, 2.75) is 37.4 Å². The van der Waals surface area contributed by atoms with Crippen LogP contribution < -0.4 is 5.32 Å². The molecular weight excluding hydrogens is 455 g/mol. The third kappa shape index (κ3) is 4.43. The van der Waals surface area contributed by atoms with Gasteiger partial charge in [-0.1, -0.05) is 30.3 Å². The van der Waals surface area contributed by atoms with E-state index >= 15 is 0 Å². The maximum atomic E-state index is 12.9. The first-order valence-electron chi connectivity index (χ1n) is 9.27. The van der Waals surface area contributed by atoms with Gasteiger partial charge in [0.25, 0.3) is 0 Å². The summed E-state index contributed by atoms with van der Waals surface area (Å²) in [5.74, 6) is 0.183. The molecule has 0 spiro atoms. The van der Waals surface area contributed by atoms with Gasteiger partial charge in [0.1, 0.15) is 16.2 Å². The van der Waals surface area contributed by atoms with Crippen LogP contribution in [0.15, 0.2) is 29.6 Å². The summed E-state index contributed by atoms with van der Waals surface area (Å²) in [6, 6.07) is 2.84. The van der Waals surface area contributed by atoms with Gasteiger partial charge >= 0.3 is 6.18 Å². The summed E-state index contributed by atoms with van der Waals surface area (Å²) in [5, 5.41) is 4.24. The second kappa shape index (κ2) is 8.36. The zero-order valence-corrected chi connectivity index (χ0v) is 18.2. The number of hydrogen-bond donors (Lipinski definition) is 1. The molecule has 0 saturated heterocycles. The minimum absolute atomic E-state index is 0.000287. The van der Waals surface area contributed by atoms with Crippen molar-refractivity contribution in [2.75, 3.05) is 11.1 Å². The molecule has 1 aliphatic rings. The summed E-state index contributed by atoms with van der Waals surface area (Å²) in [4.78, 5) is 23.4. The average Bonchev–Trinajstić information content (AvgIpc) is 3.05. The quantitative estimate of drug-likeness (QED) is 0.362. The molecule has 1 aliphatic carbocycles. The van der Waals surface area contributed by atoms with Gasteiger partial charge < -0.3 is 5.32 Å². The van der Waals surface area contributed by atoms with Gasteiger partial charge in [-0.2, -0.15) is 13.2 Å². The molecule has 1 amide bonds. The van der Waals surface area contributed by atoms with Crippen LogP contribution in [0.1, 0.15) is 29.3 Å². The molecule has 0 bridgehead atoms. The van der Waals surface area contributed by atoms with Gasteiger partial charge in [-0.05, 0) is 48.9 Å². The fraction of sp³-hybridized carbons (Fsp3) is 0.350. The van der Waals surface area contributed by atoms with E-state index in [1.165, 1.54) is 28.5 Å². The Hall–Kier alpha value is -1.84. The minimum Gasteiger partial charge on any atom is -0.324 e. The molecule has 0 radical (unpaired) electrons. The van der Waals surface area contributed by atoms with E-state index in [1.807, 2.05) is 0 Å². The first kappa shape index (κ1) is 21.4. The van der Waals surface area contributed by atoms with E-state index in [0.29, 0.717) is 5.92 Å². The standard InChI is InChI=1S/C20H17ClF3N3OS2/c1-10-2-4-12-15(6-10)30-19-17(12)18(25-9-26-19)29-8-16(28)27-14-7-11(20(22,23)24)3-5-13(14)21/h3,5,7,9-10H,2,4,6,8H2,1H3,(H,27,28). The second-order valence-corrected chi connectivity index (χ2v) is 9.69. The van der Waals surface area contributed by atoms with Crippen molar-refractivity contribution < 1.29 is 18.0 Å². The molecule has 4 rings (SSSR count). The molecule has 2 heterocycles. The van der Waals surface area contributed by atoms with Crippen molar-refractivity contribution in [3.05, 3.63) is 45.6 Å². The largest absolute Gasteiger partial charge is 0.416 e. The molecule has 0 aliphatic heterocycles. The number of carbonyl (C=O) groups excluding carboxylic acids is 1. The highest BCUT2D eigenvalue weighted by molar-refractivity contribution is 8.00. The first-order valence-corrected chi connectivity index (χ1v) is 11.4. The van der Waals surface area contributed by atoms with E-state index in [9.17, 15) is 18.0 Å². The van der Waals surface area contributed by atoms with Crippen molar-refractivity contribution >= 4 is 56.5 Å². The van der Waals surface area contributed by atoms with Crippen LogP contribution in [0.25, 0.3) is 10.2 Å². The van der Waals surface area contributed by atoms with Crippen molar-refractivity contribution in [2.24, 2.45) is 5.92 Å². The summed E-state index contributed by atoms with van der Waals surface area (Å²) in [6.07, 6.45) is 0.0589. The van der Waals surface area contributed by atoms with Crippen molar-refractivity contribution in [3.63, 3.8) is 0 Å². The van der Waals surface area contributed by atoms with Gasteiger partial charge in [-0.25, -0.2) is 9.97 Å². The summed E-state index contributed by atoms with van der Waals surface area (Å²) < 4.78 is 38.7. The average molecular weight is 472 g/mol. The highest BCUT2D eigenvalue weighted by Crippen LogP contribution is 2.40. The molecule has 4 nitrogen and oxygen atoms in total. The molecule has 1 N–H and O–H groups in total. The van der Waals surface area contributed by atoms with Gasteiger partial charge in [0.2, 0.25) is 5.91 Å². The van der Waals surface area contributed by atoms with Crippen molar-refractivity contribution in [1.29, 1.82) is 0 Å². The van der Waals surface area contributed by atoms with E-state index in [2.05, 4.69) is 22.2 Å². The Kier molecular flexibility index (Phi) is 5.96. The van der Waals surface area contributed by atoms with Gasteiger partial charge in [0.05, 0.1) is 22.0 Å². The SMILES string of the molecule is CC1CCc2c(sc3ncnc(SCC(=O)Nc4cc(C(F)(F)F)ccc4Cl)c23)C1. The lowest BCUT2D eigenvalue weighted by atomic mass is 9.89. The third-order valence-electron chi connectivity index (χ3n) is 4.96. The number of anilines is 1. The van der Waals surface area contributed by atoms with Crippen LogP contribution in [0.3, 0.4) is 0 Å². The number of aromatic nitrogens is 2. The number of thioether (sulfide) groups is 1. The lowest BCUT2D eigenvalue weighted by Gasteiger charge is -2.18. The Morgan fingerprint density at radius 1 is 1.37 bits per heavy atom. The molecule has 10 heteroatoms. The predicted molar refractivity (Wildman–Crippen MR) is 114 cm³/mol. The fourth-order valence-corrected chi connectivity index (χ4v) is 5.88. The molecule has 0 fully saturated rings. The van der Waals surface area contributed by atoms with Crippen LogP contribution in [0.4, 0.5) is 18.9 Å². The molecular formula is C20H17ClF3N3OS2. The zero-order chi connectivity index (χ0) is 21.5. The fourth-order valence-electron chi connectivity index (χ4n) is 3.47. The number of aryl methyl sites for hydroxylation is 1.